The normalized spacial score (nSPS) is 10.6. The Bertz CT molecular complexity index is 434. The van der Waals surface area contributed by atoms with E-state index in [4.69, 9.17) is 4.74 Å². The van der Waals surface area contributed by atoms with E-state index in [9.17, 15) is 4.79 Å². The maximum Gasteiger partial charge on any atom is 0.211 e. The van der Waals surface area contributed by atoms with Crippen LogP contribution in [-0.2, 0) is 4.79 Å². The van der Waals surface area contributed by atoms with Crippen LogP contribution >= 0.6 is 0 Å². The summed E-state index contributed by atoms with van der Waals surface area (Å²) in [4.78, 5) is 10.4. The number of unbranched alkanes of at least 4 members (excludes halogenated alkanes) is 12. The van der Waals surface area contributed by atoms with Gasteiger partial charge in [0, 0.05) is 11.8 Å². The van der Waals surface area contributed by atoms with E-state index in [2.05, 4.69) is 12.2 Å². The molecule has 0 aliphatic rings. The van der Waals surface area contributed by atoms with Crippen LogP contribution in [0.1, 0.15) is 90.4 Å². The van der Waals surface area contributed by atoms with Crippen molar-refractivity contribution in [3.63, 3.8) is 0 Å². The Labute approximate surface area is 154 Å². The fourth-order valence-corrected chi connectivity index (χ4v) is 3.05. The minimum Gasteiger partial charge on any atom is -0.494 e. The molecule has 0 bridgehead atoms. The number of hydrogen-bond donors (Lipinski definition) is 1. The lowest BCUT2D eigenvalue weighted by molar-refractivity contribution is -0.105. The van der Waals surface area contributed by atoms with E-state index in [0.717, 1.165) is 24.5 Å². The zero-order valence-electron chi connectivity index (χ0n) is 16.1. The molecule has 0 saturated heterocycles. The van der Waals surface area contributed by atoms with Crippen LogP contribution in [0.3, 0.4) is 0 Å². The van der Waals surface area contributed by atoms with Crippen molar-refractivity contribution in [1.82, 2.24) is 0 Å². The third-order valence-electron chi connectivity index (χ3n) is 4.58. The largest absolute Gasteiger partial charge is 0.494 e. The zero-order valence-corrected chi connectivity index (χ0v) is 16.1. The molecule has 0 atom stereocenters. The van der Waals surface area contributed by atoms with Crippen LogP contribution in [-0.4, -0.2) is 13.0 Å². The maximum atomic E-state index is 10.4. The highest BCUT2D eigenvalue weighted by atomic mass is 16.5. The van der Waals surface area contributed by atoms with E-state index in [0.29, 0.717) is 6.41 Å². The van der Waals surface area contributed by atoms with Gasteiger partial charge in [0.2, 0.25) is 6.41 Å². The second-order valence-corrected chi connectivity index (χ2v) is 6.88. The molecular weight excluding hydrogens is 310 g/mol. The van der Waals surface area contributed by atoms with E-state index in [1.54, 1.807) is 0 Å². The van der Waals surface area contributed by atoms with Crippen LogP contribution in [0.25, 0.3) is 0 Å². The predicted octanol–water partition coefficient (Wildman–Crippen LogP) is 6.72. The summed E-state index contributed by atoms with van der Waals surface area (Å²) in [6.45, 7) is 3.03. The topological polar surface area (TPSA) is 38.3 Å². The Hall–Kier alpha value is -1.51. The van der Waals surface area contributed by atoms with Gasteiger partial charge in [0.1, 0.15) is 5.75 Å². The maximum absolute atomic E-state index is 10.4. The summed E-state index contributed by atoms with van der Waals surface area (Å²) >= 11 is 0. The Kier molecular flexibility index (Phi) is 13.8. The predicted molar refractivity (Wildman–Crippen MR) is 107 cm³/mol. The minimum absolute atomic E-state index is 0.686. The van der Waals surface area contributed by atoms with Gasteiger partial charge >= 0.3 is 0 Å². The molecule has 0 unspecified atom stereocenters. The van der Waals surface area contributed by atoms with Crippen LogP contribution in [0, 0.1) is 0 Å². The molecule has 0 aromatic heterocycles. The number of hydrogen-bond acceptors (Lipinski definition) is 2. The number of benzene rings is 1. The summed E-state index contributed by atoms with van der Waals surface area (Å²) < 4.78 is 5.74. The zero-order chi connectivity index (χ0) is 18.0. The lowest BCUT2D eigenvalue weighted by Crippen LogP contribution is -1.99. The molecule has 3 nitrogen and oxygen atoms in total. The number of ether oxygens (including phenoxy) is 1. The van der Waals surface area contributed by atoms with Crippen molar-refractivity contribution in [1.29, 1.82) is 0 Å². The lowest BCUT2D eigenvalue weighted by Gasteiger charge is -2.07. The standard InChI is InChI=1S/C22H37NO2/c1-2-3-4-5-6-7-8-9-10-11-12-13-14-18-25-22-17-15-16-21(19-22)23-20-24/h15-17,19-20H,2-14,18H2,1H3,(H,23,24). The molecule has 1 aromatic carbocycles. The second-order valence-electron chi connectivity index (χ2n) is 6.88. The van der Waals surface area contributed by atoms with Gasteiger partial charge in [-0.2, -0.15) is 0 Å². The molecule has 1 amide bonds. The van der Waals surface area contributed by atoms with Gasteiger partial charge in [-0.3, -0.25) is 4.79 Å². The molecular formula is C22H37NO2. The molecule has 0 radical (unpaired) electrons. The second kappa shape index (κ2) is 16.0. The van der Waals surface area contributed by atoms with Crippen molar-refractivity contribution >= 4 is 12.1 Å². The summed E-state index contributed by atoms with van der Waals surface area (Å²) in [7, 11) is 0. The van der Waals surface area contributed by atoms with E-state index < -0.39 is 0 Å². The molecule has 0 fully saturated rings. The van der Waals surface area contributed by atoms with Crippen molar-refractivity contribution in [3.8, 4) is 5.75 Å². The molecule has 0 aliphatic carbocycles. The summed E-state index contributed by atoms with van der Waals surface area (Å²) in [6, 6.07) is 7.53. The van der Waals surface area contributed by atoms with E-state index in [1.807, 2.05) is 24.3 Å². The number of nitrogens with one attached hydrogen (secondary N) is 1. The molecule has 0 aliphatic heterocycles. The molecule has 142 valence electrons. The summed E-state index contributed by atoms with van der Waals surface area (Å²) in [5.74, 6) is 0.825. The quantitative estimate of drug-likeness (QED) is 0.251. The van der Waals surface area contributed by atoms with Gasteiger partial charge in [0.15, 0.2) is 0 Å². The summed E-state index contributed by atoms with van der Waals surface area (Å²) in [6.07, 6.45) is 18.4. The SMILES string of the molecule is CCCCCCCCCCCCCCCOc1cccc(NC=O)c1. The van der Waals surface area contributed by atoms with Crippen molar-refractivity contribution < 1.29 is 9.53 Å². The molecule has 0 heterocycles. The smallest absolute Gasteiger partial charge is 0.211 e. The summed E-state index contributed by atoms with van der Waals surface area (Å²) in [5.41, 5.74) is 0.776. The van der Waals surface area contributed by atoms with Gasteiger partial charge in [0.25, 0.3) is 0 Å². The minimum atomic E-state index is 0.686. The van der Waals surface area contributed by atoms with Gasteiger partial charge in [-0.25, -0.2) is 0 Å². The number of carbonyl (C=O) groups excluding carboxylic acids is 1. The molecule has 25 heavy (non-hydrogen) atoms. The number of amides is 1. The van der Waals surface area contributed by atoms with Crippen molar-refractivity contribution in [2.75, 3.05) is 11.9 Å². The van der Waals surface area contributed by atoms with Gasteiger partial charge in [0.05, 0.1) is 6.61 Å². The first kappa shape index (κ1) is 21.5. The highest BCUT2D eigenvalue weighted by Gasteiger charge is 1.97. The first-order valence-corrected chi connectivity index (χ1v) is 10.3. The van der Waals surface area contributed by atoms with Crippen LogP contribution in [0.15, 0.2) is 24.3 Å². The van der Waals surface area contributed by atoms with E-state index >= 15 is 0 Å². The van der Waals surface area contributed by atoms with Gasteiger partial charge < -0.3 is 10.1 Å². The van der Waals surface area contributed by atoms with Gasteiger partial charge in [-0.1, -0.05) is 90.0 Å². The number of carbonyl (C=O) groups is 1. The average molecular weight is 348 g/mol. The third kappa shape index (κ3) is 12.5. The average Bonchev–Trinajstić information content (AvgIpc) is 2.63. The van der Waals surface area contributed by atoms with Crippen molar-refractivity contribution in [2.45, 2.75) is 90.4 Å². The number of rotatable bonds is 17. The van der Waals surface area contributed by atoms with Gasteiger partial charge in [-0.05, 0) is 18.6 Å². The lowest BCUT2D eigenvalue weighted by atomic mass is 10.0. The van der Waals surface area contributed by atoms with Gasteiger partial charge in [-0.15, -0.1) is 0 Å². The molecule has 0 saturated carbocycles. The Morgan fingerprint density at radius 2 is 1.40 bits per heavy atom. The fraction of sp³-hybridized carbons (Fsp3) is 0.682. The Balaban J connectivity index is 1.86. The molecule has 3 heteroatoms. The van der Waals surface area contributed by atoms with Crippen molar-refractivity contribution in [3.05, 3.63) is 24.3 Å². The molecule has 1 aromatic rings. The van der Waals surface area contributed by atoms with Crippen LogP contribution < -0.4 is 10.1 Å². The van der Waals surface area contributed by atoms with E-state index in [1.165, 1.54) is 77.0 Å². The van der Waals surface area contributed by atoms with Crippen LogP contribution in [0.2, 0.25) is 0 Å². The molecule has 0 spiro atoms. The molecule has 1 rings (SSSR count). The first-order valence-electron chi connectivity index (χ1n) is 10.3. The first-order chi connectivity index (χ1) is 12.4. The Morgan fingerprint density at radius 3 is 1.96 bits per heavy atom. The fourth-order valence-electron chi connectivity index (χ4n) is 3.05. The monoisotopic (exact) mass is 347 g/mol. The summed E-state index contributed by atoms with van der Waals surface area (Å²) in [5, 5.41) is 2.64. The van der Waals surface area contributed by atoms with Crippen LogP contribution in [0.5, 0.6) is 5.75 Å². The van der Waals surface area contributed by atoms with E-state index in [-0.39, 0.29) is 0 Å². The Morgan fingerprint density at radius 1 is 0.840 bits per heavy atom. The van der Waals surface area contributed by atoms with Crippen LogP contribution in [0.4, 0.5) is 5.69 Å². The van der Waals surface area contributed by atoms with Crippen molar-refractivity contribution in [2.24, 2.45) is 0 Å². The highest BCUT2D eigenvalue weighted by Crippen LogP contribution is 2.17. The molecule has 1 N–H and O–H groups in total. The number of anilines is 1. The third-order valence-corrected chi connectivity index (χ3v) is 4.58. The highest BCUT2D eigenvalue weighted by molar-refractivity contribution is 5.71.